The number of nitrogens with zero attached hydrogens (tertiary/aromatic N) is 2. The molecule has 2 aromatic heterocycles. The molecule has 0 saturated carbocycles. The van der Waals surface area contributed by atoms with Crippen LogP contribution in [0.2, 0.25) is 0 Å². The number of hydrogen-bond donors (Lipinski definition) is 2. The van der Waals surface area contributed by atoms with Gasteiger partial charge in [-0.1, -0.05) is 30.3 Å². The summed E-state index contributed by atoms with van der Waals surface area (Å²) in [7, 11) is 0. The summed E-state index contributed by atoms with van der Waals surface area (Å²) < 4.78 is 1.14. The van der Waals surface area contributed by atoms with Gasteiger partial charge in [0, 0.05) is 18.4 Å². The maximum atomic E-state index is 12.8. The van der Waals surface area contributed by atoms with Crippen molar-refractivity contribution in [2.45, 2.75) is 38.1 Å². The fourth-order valence-corrected chi connectivity index (χ4v) is 5.30. The molecular weight excluding hydrogens is 434 g/mol. The van der Waals surface area contributed by atoms with Crippen molar-refractivity contribution in [1.82, 2.24) is 15.3 Å². The van der Waals surface area contributed by atoms with E-state index in [1.807, 2.05) is 42.5 Å². The second-order valence-corrected chi connectivity index (χ2v) is 9.33. The van der Waals surface area contributed by atoms with Gasteiger partial charge in [-0.15, -0.1) is 11.3 Å². The number of carbonyl (C=O) groups excluding carboxylic acids is 1. The number of amides is 1. The summed E-state index contributed by atoms with van der Waals surface area (Å²) in [4.78, 5) is 33.0. The number of nitrogens with one attached hydrogen (secondary N) is 1. The minimum absolute atomic E-state index is 0.0171. The fourth-order valence-electron chi connectivity index (χ4n) is 4.34. The van der Waals surface area contributed by atoms with Gasteiger partial charge in [0.05, 0.1) is 27.0 Å². The normalized spacial score (nSPS) is 15.2. The minimum atomic E-state index is -1.05. The van der Waals surface area contributed by atoms with E-state index in [0.29, 0.717) is 18.5 Å². The molecule has 0 spiro atoms. The number of aromatic nitrogens is 2. The predicted molar refractivity (Wildman–Crippen MR) is 128 cm³/mol. The number of benzene rings is 2. The van der Waals surface area contributed by atoms with E-state index in [0.717, 1.165) is 45.6 Å². The van der Waals surface area contributed by atoms with E-state index in [1.165, 1.54) is 11.6 Å². The molecule has 0 radical (unpaired) electrons. The molecule has 166 valence electrons. The fraction of sp³-hybridized carbons (Fsp3) is 0.231. The summed E-state index contributed by atoms with van der Waals surface area (Å²) in [5.74, 6) is -1.03. The second kappa shape index (κ2) is 9.11. The number of carboxylic acids is 1. The van der Waals surface area contributed by atoms with Crippen LogP contribution in [0.25, 0.3) is 21.5 Å². The van der Waals surface area contributed by atoms with Crippen LogP contribution in [0.3, 0.4) is 0 Å². The van der Waals surface area contributed by atoms with Crippen molar-refractivity contribution in [3.05, 3.63) is 82.5 Å². The molecule has 0 bridgehead atoms. The van der Waals surface area contributed by atoms with E-state index in [9.17, 15) is 14.7 Å². The monoisotopic (exact) mass is 457 g/mol. The highest BCUT2D eigenvalue weighted by Gasteiger charge is 2.23. The maximum absolute atomic E-state index is 12.8. The number of aromatic carboxylic acids is 1. The Morgan fingerprint density at radius 1 is 1.06 bits per heavy atom. The molecule has 2 N–H and O–H groups in total. The van der Waals surface area contributed by atoms with E-state index in [2.05, 4.69) is 21.4 Å². The van der Waals surface area contributed by atoms with Crippen LogP contribution in [0, 0.1) is 0 Å². The summed E-state index contributed by atoms with van der Waals surface area (Å²) in [6, 6.07) is 19.0. The summed E-state index contributed by atoms with van der Waals surface area (Å²) in [6.07, 6.45) is 3.88. The summed E-state index contributed by atoms with van der Waals surface area (Å²) in [5.41, 5.74) is 4.78. The van der Waals surface area contributed by atoms with Crippen LogP contribution >= 0.6 is 11.3 Å². The number of carboxylic acid groups (broad SMARTS) is 1. The van der Waals surface area contributed by atoms with Gasteiger partial charge in [0.1, 0.15) is 5.69 Å². The molecule has 2 aromatic carbocycles. The molecule has 7 heteroatoms. The Hall–Kier alpha value is -3.58. The van der Waals surface area contributed by atoms with Crippen molar-refractivity contribution in [2.75, 3.05) is 0 Å². The number of pyridine rings is 1. The number of rotatable bonds is 6. The maximum Gasteiger partial charge on any atom is 0.354 e. The Morgan fingerprint density at radius 2 is 1.94 bits per heavy atom. The Morgan fingerprint density at radius 3 is 2.79 bits per heavy atom. The predicted octanol–water partition coefficient (Wildman–Crippen LogP) is 5.18. The molecular formula is C26H23N3O3S. The van der Waals surface area contributed by atoms with Gasteiger partial charge < -0.3 is 10.4 Å². The van der Waals surface area contributed by atoms with Gasteiger partial charge in [-0.25, -0.2) is 14.8 Å². The van der Waals surface area contributed by atoms with Crippen molar-refractivity contribution < 1.29 is 14.7 Å². The van der Waals surface area contributed by atoms with Crippen LogP contribution in [0.15, 0.2) is 60.7 Å². The molecule has 2 heterocycles. The Kier molecular flexibility index (Phi) is 5.88. The summed E-state index contributed by atoms with van der Waals surface area (Å²) in [6.45, 7) is 0. The molecule has 0 saturated heterocycles. The number of para-hydroxylation sites is 1. The Balaban J connectivity index is 1.31. The topological polar surface area (TPSA) is 92.2 Å². The molecule has 4 aromatic rings. The molecule has 1 atom stereocenters. The number of aryl methyl sites for hydroxylation is 2. The van der Waals surface area contributed by atoms with Crippen molar-refractivity contribution >= 4 is 33.4 Å². The van der Waals surface area contributed by atoms with Crippen molar-refractivity contribution in [1.29, 1.82) is 0 Å². The van der Waals surface area contributed by atoms with Gasteiger partial charge >= 0.3 is 5.97 Å². The van der Waals surface area contributed by atoms with Crippen LogP contribution in [0.5, 0.6) is 0 Å². The van der Waals surface area contributed by atoms with Gasteiger partial charge in [0.25, 0.3) is 0 Å². The summed E-state index contributed by atoms with van der Waals surface area (Å²) in [5, 5.41) is 13.4. The standard InChI is InChI=1S/C26H23N3O3S/c30-24(13-14-25-29-21-6-1-2-10-23(21)33-25)28-20-8-3-5-16-11-12-17(15-18(16)20)19-7-4-9-22(27-19)26(31)32/h1-2,4,6-7,9-12,15,20H,3,5,8,13-14H2,(H,28,30)(H,31,32). The number of carbonyl (C=O) groups is 2. The number of thiazole rings is 1. The lowest BCUT2D eigenvalue weighted by atomic mass is 9.86. The third kappa shape index (κ3) is 4.64. The minimum Gasteiger partial charge on any atom is -0.477 e. The van der Waals surface area contributed by atoms with Crippen LogP contribution < -0.4 is 5.32 Å². The number of fused-ring (bicyclic) bond motifs is 2. The zero-order chi connectivity index (χ0) is 22.8. The first kappa shape index (κ1) is 21.3. The zero-order valence-electron chi connectivity index (χ0n) is 18.0. The van der Waals surface area contributed by atoms with Crippen molar-refractivity contribution in [2.24, 2.45) is 0 Å². The van der Waals surface area contributed by atoms with Gasteiger partial charge in [0.15, 0.2) is 0 Å². The molecule has 1 aliphatic carbocycles. The Bertz CT molecular complexity index is 1310. The third-order valence-corrected chi connectivity index (χ3v) is 7.06. The van der Waals surface area contributed by atoms with Crippen LogP contribution in [-0.4, -0.2) is 27.0 Å². The molecule has 33 heavy (non-hydrogen) atoms. The molecule has 1 amide bonds. The van der Waals surface area contributed by atoms with E-state index in [-0.39, 0.29) is 17.6 Å². The lowest BCUT2D eigenvalue weighted by Gasteiger charge is -2.27. The average molecular weight is 458 g/mol. The molecule has 6 nitrogen and oxygen atoms in total. The van der Waals surface area contributed by atoms with Crippen molar-refractivity contribution in [3.8, 4) is 11.3 Å². The van der Waals surface area contributed by atoms with Gasteiger partial charge in [-0.2, -0.15) is 0 Å². The van der Waals surface area contributed by atoms with Crippen molar-refractivity contribution in [3.63, 3.8) is 0 Å². The second-order valence-electron chi connectivity index (χ2n) is 8.21. The average Bonchev–Trinajstić information content (AvgIpc) is 3.26. The molecule has 1 aliphatic rings. The number of hydrogen-bond acceptors (Lipinski definition) is 5. The highest BCUT2D eigenvalue weighted by Crippen LogP contribution is 2.33. The van der Waals surface area contributed by atoms with Gasteiger partial charge in [-0.05, 0) is 60.7 Å². The highest BCUT2D eigenvalue weighted by atomic mass is 32.1. The molecule has 0 aliphatic heterocycles. The molecule has 1 unspecified atom stereocenters. The largest absolute Gasteiger partial charge is 0.477 e. The van der Waals surface area contributed by atoms with E-state index < -0.39 is 5.97 Å². The van der Waals surface area contributed by atoms with Crippen LogP contribution in [-0.2, 0) is 17.6 Å². The molecule has 0 fully saturated rings. The van der Waals surface area contributed by atoms with E-state index in [1.54, 1.807) is 17.4 Å². The lowest BCUT2D eigenvalue weighted by Crippen LogP contribution is -2.31. The first-order chi connectivity index (χ1) is 16.1. The highest BCUT2D eigenvalue weighted by molar-refractivity contribution is 7.18. The third-order valence-electron chi connectivity index (χ3n) is 5.96. The van der Waals surface area contributed by atoms with Gasteiger partial charge in [-0.3, -0.25) is 4.79 Å². The molecule has 5 rings (SSSR count). The SMILES string of the molecule is O=C(CCc1nc2ccccc2s1)NC1CCCc2ccc(-c3cccc(C(=O)O)n3)cc21. The smallest absolute Gasteiger partial charge is 0.354 e. The van der Waals surface area contributed by atoms with E-state index >= 15 is 0 Å². The van der Waals surface area contributed by atoms with E-state index in [4.69, 9.17) is 0 Å². The first-order valence-electron chi connectivity index (χ1n) is 11.0. The first-order valence-corrected chi connectivity index (χ1v) is 11.9. The van der Waals surface area contributed by atoms with Gasteiger partial charge in [0.2, 0.25) is 5.91 Å². The van der Waals surface area contributed by atoms with Crippen LogP contribution in [0.4, 0.5) is 0 Å². The zero-order valence-corrected chi connectivity index (χ0v) is 18.8. The summed E-state index contributed by atoms with van der Waals surface area (Å²) >= 11 is 1.64. The quantitative estimate of drug-likeness (QED) is 0.416. The lowest BCUT2D eigenvalue weighted by molar-refractivity contribution is -0.121. The Labute approximate surface area is 195 Å². The van der Waals surface area contributed by atoms with Crippen LogP contribution in [0.1, 0.15) is 51.9 Å².